The Bertz CT molecular complexity index is 1230. The second-order valence-corrected chi connectivity index (χ2v) is 6.58. The van der Waals surface area contributed by atoms with Gasteiger partial charge in [0.2, 0.25) is 0 Å². The summed E-state index contributed by atoms with van der Waals surface area (Å²) in [6, 6.07) is 23.2. The van der Waals surface area contributed by atoms with Crippen molar-refractivity contribution in [1.82, 2.24) is 4.98 Å². The van der Waals surface area contributed by atoms with E-state index < -0.39 is 11.5 Å². The van der Waals surface area contributed by atoms with Gasteiger partial charge in [-0.1, -0.05) is 18.2 Å². The Hall–Kier alpha value is -4.06. The summed E-state index contributed by atoms with van der Waals surface area (Å²) in [5, 5.41) is 3.54. The Morgan fingerprint density at radius 1 is 0.900 bits per heavy atom. The lowest BCUT2D eigenvalue weighted by Gasteiger charge is -2.09. The van der Waals surface area contributed by atoms with Crippen molar-refractivity contribution in [2.45, 2.75) is 6.92 Å². The van der Waals surface area contributed by atoms with E-state index in [0.717, 1.165) is 11.1 Å². The number of amides is 1. The van der Waals surface area contributed by atoms with E-state index in [1.807, 2.05) is 49.4 Å². The molecule has 1 amide bonds. The van der Waals surface area contributed by atoms with E-state index in [2.05, 4.69) is 10.3 Å². The van der Waals surface area contributed by atoms with Crippen molar-refractivity contribution >= 4 is 22.5 Å². The fourth-order valence-electron chi connectivity index (χ4n) is 3.03. The minimum atomic E-state index is -0.470. The van der Waals surface area contributed by atoms with Crippen LogP contribution in [-0.2, 0) is 0 Å². The van der Waals surface area contributed by atoms with E-state index >= 15 is 0 Å². The van der Waals surface area contributed by atoms with Crippen LogP contribution in [0.5, 0.6) is 17.2 Å². The van der Waals surface area contributed by atoms with Gasteiger partial charge in [0.25, 0.3) is 11.5 Å². The van der Waals surface area contributed by atoms with Crippen LogP contribution in [0.4, 0.5) is 5.69 Å². The van der Waals surface area contributed by atoms with Crippen LogP contribution in [0.25, 0.3) is 10.9 Å². The van der Waals surface area contributed by atoms with E-state index in [1.54, 1.807) is 36.4 Å². The second kappa shape index (κ2) is 8.53. The van der Waals surface area contributed by atoms with Gasteiger partial charge in [0.05, 0.1) is 6.61 Å². The number of hydrogen-bond acceptors (Lipinski definition) is 4. The van der Waals surface area contributed by atoms with Gasteiger partial charge >= 0.3 is 0 Å². The number of rotatable bonds is 6. The second-order valence-electron chi connectivity index (χ2n) is 6.58. The first-order valence-electron chi connectivity index (χ1n) is 9.56. The number of nitrogens with one attached hydrogen (secondary N) is 2. The molecule has 150 valence electrons. The molecule has 4 rings (SSSR count). The molecule has 4 aromatic rings. The molecule has 3 aromatic carbocycles. The molecule has 0 unspecified atom stereocenters. The fraction of sp³-hybridized carbons (Fsp3) is 0.0833. The molecule has 0 saturated carbocycles. The number of carbonyl (C=O) groups excluding carboxylic acids is 1. The third-order valence-corrected chi connectivity index (χ3v) is 4.48. The summed E-state index contributed by atoms with van der Waals surface area (Å²) in [6.07, 6.45) is 0. The average molecular weight is 400 g/mol. The summed E-state index contributed by atoms with van der Waals surface area (Å²) in [7, 11) is 0. The van der Waals surface area contributed by atoms with Gasteiger partial charge in [-0.15, -0.1) is 0 Å². The van der Waals surface area contributed by atoms with Crippen molar-refractivity contribution in [1.29, 1.82) is 0 Å². The molecular formula is C24H20N2O4. The summed E-state index contributed by atoms with van der Waals surface area (Å²) >= 11 is 0. The number of benzene rings is 3. The summed E-state index contributed by atoms with van der Waals surface area (Å²) in [4.78, 5) is 27.5. The van der Waals surface area contributed by atoms with Crippen LogP contribution in [0.3, 0.4) is 0 Å². The highest BCUT2D eigenvalue weighted by Crippen LogP contribution is 2.25. The molecule has 0 spiro atoms. The highest BCUT2D eigenvalue weighted by atomic mass is 16.5. The molecular weight excluding hydrogens is 380 g/mol. The Labute approximate surface area is 173 Å². The van der Waals surface area contributed by atoms with Crippen LogP contribution in [0.2, 0.25) is 0 Å². The minimum absolute atomic E-state index is 0.0587. The lowest BCUT2D eigenvalue weighted by Crippen LogP contribution is -2.22. The van der Waals surface area contributed by atoms with Crippen LogP contribution < -0.4 is 20.3 Å². The van der Waals surface area contributed by atoms with Crippen LogP contribution in [0.15, 0.2) is 83.7 Å². The van der Waals surface area contributed by atoms with Gasteiger partial charge in [0.15, 0.2) is 0 Å². The van der Waals surface area contributed by atoms with Gasteiger partial charge in [-0.3, -0.25) is 9.59 Å². The number of H-pyrrole nitrogens is 1. The molecule has 0 saturated heterocycles. The Morgan fingerprint density at radius 3 is 2.23 bits per heavy atom. The highest BCUT2D eigenvalue weighted by Gasteiger charge is 2.12. The smallest absolute Gasteiger partial charge is 0.261 e. The molecule has 0 aliphatic carbocycles. The molecule has 1 heterocycles. The summed E-state index contributed by atoms with van der Waals surface area (Å²) < 4.78 is 11.2. The van der Waals surface area contributed by atoms with Crippen LogP contribution in [-0.4, -0.2) is 17.5 Å². The molecule has 1 aromatic heterocycles. The number of para-hydroxylation sites is 1. The Balaban J connectivity index is 1.45. The monoisotopic (exact) mass is 400 g/mol. The molecule has 0 fully saturated rings. The van der Waals surface area contributed by atoms with Crippen LogP contribution in [0.1, 0.15) is 17.3 Å². The van der Waals surface area contributed by atoms with Gasteiger partial charge < -0.3 is 19.8 Å². The molecule has 2 N–H and O–H groups in total. The molecule has 0 radical (unpaired) electrons. The number of aromatic amines is 1. The van der Waals surface area contributed by atoms with Gasteiger partial charge in [-0.2, -0.15) is 0 Å². The zero-order valence-corrected chi connectivity index (χ0v) is 16.3. The van der Waals surface area contributed by atoms with Gasteiger partial charge in [0.1, 0.15) is 22.8 Å². The highest BCUT2D eigenvalue weighted by molar-refractivity contribution is 6.05. The largest absolute Gasteiger partial charge is 0.494 e. The first-order chi connectivity index (χ1) is 14.6. The third kappa shape index (κ3) is 4.33. The van der Waals surface area contributed by atoms with E-state index in [-0.39, 0.29) is 5.56 Å². The van der Waals surface area contributed by atoms with E-state index in [1.165, 1.54) is 0 Å². The quantitative estimate of drug-likeness (QED) is 0.479. The van der Waals surface area contributed by atoms with Crippen molar-refractivity contribution < 1.29 is 14.3 Å². The third-order valence-electron chi connectivity index (χ3n) is 4.48. The molecule has 0 atom stereocenters. The first kappa shape index (κ1) is 19.3. The van der Waals surface area contributed by atoms with E-state index in [9.17, 15) is 9.59 Å². The Morgan fingerprint density at radius 2 is 1.53 bits per heavy atom. The van der Waals surface area contributed by atoms with E-state index in [4.69, 9.17) is 9.47 Å². The van der Waals surface area contributed by atoms with Crippen LogP contribution >= 0.6 is 0 Å². The zero-order chi connectivity index (χ0) is 20.9. The molecule has 0 aliphatic heterocycles. The van der Waals surface area contributed by atoms with Crippen molar-refractivity contribution in [2.24, 2.45) is 0 Å². The SMILES string of the molecule is CCOc1ccc(Oc2ccc(NC(=O)c3cc4ccccc4[nH]c3=O)cc2)cc1. The topological polar surface area (TPSA) is 80.4 Å². The first-order valence-corrected chi connectivity index (χ1v) is 9.56. The molecule has 0 aliphatic rings. The standard InChI is InChI=1S/C24H20N2O4/c1-2-29-18-11-13-20(14-12-18)30-19-9-7-17(8-10-19)25-23(27)21-15-16-5-3-4-6-22(16)26-24(21)28/h3-15H,2H2,1H3,(H,25,27)(H,26,28). The summed E-state index contributed by atoms with van der Waals surface area (Å²) in [5.74, 6) is 1.62. The molecule has 6 heteroatoms. The maximum absolute atomic E-state index is 12.6. The molecule has 0 bridgehead atoms. The lowest BCUT2D eigenvalue weighted by atomic mass is 10.1. The number of anilines is 1. The zero-order valence-electron chi connectivity index (χ0n) is 16.3. The average Bonchev–Trinajstić information content (AvgIpc) is 2.76. The number of carbonyl (C=O) groups is 1. The lowest BCUT2D eigenvalue weighted by molar-refractivity contribution is 0.102. The molecule has 30 heavy (non-hydrogen) atoms. The van der Waals surface area contributed by atoms with Crippen molar-refractivity contribution in [3.8, 4) is 17.2 Å². The van der Waals surface area contributed by atoms with Gasteiger partial charge in [-0.05, 0) is 73.0 Å². The fourth-order valence-corrected chi connectivity index (χ4v) is 3.03. The minimum Gasteiger partial charge on any atom is -0.494 e. The van der Waals surface area contributed by atoms with E-state index in [0.29, 0.717) is 29.3 Å². The maximum atomic E-state index is 12.6. The number of aromatic nitrogens is 1. The normalized spacial score (nSPS) is 10.6. The predicted molar refractivity (Wildman–Crippen MR) is 117 cm³/mol. The van der Waals surface area contributed by atoms with Gasteiger partial charge in [-0.25, -0.2) is 0 Å². The number of hydrogen-bond donors (Lipinski definition) is 2. The van der Waals surface area contributed by atoms with Gasteiger partial charge in [0, 0.05) is 11.2 Å². The van der Waals surface area contributed by atoms with Crippen molar-refractivity contribution in [3.05, 3.63) is 94.8 Å². The predicted octanol–water partition coefficient (Wildman–Crippen LogP) is 4.97. The molecule has 6 nitrogen and oxygen atoms in total. The number of pyridine rings is 1. The number of ether oxygens (including phenoxy) is 2. The van der Waals surface area contributed by atoms with Crippen molar-refractivity contribution in [2.75, 3.05) is 11.9 Å². The van der Waals surface area contributed by atoms with Crippen molar-refractivity contribution in [3.63, 3.8) is 0 Å². The summed E-state index contributed by atoms with van der Waals surface area (Å²) in [6.45, 7) is 2.54. The maximum Gasteiger partial charge on any atom is 0.261 e. The van der Waals surface area contributed by atoms with Crippen LogP contribution in [0, 0.1) is 0 Å². The Kier molecular flexibility index (Phi) is 5.48. The summed E-state index contributed by atoms with van der Waals surface area (Å²) in [5.41, 5.74) is 0.881. The number of fused-ring (bicyclic) bond motifs is 1.